The average molecular weight is 257 g/mol. The van der Waals surface area contributed by atoms with Crippen molar-refractivity contribution >= 4 is 0 Å². The second-order valence-corrected chi connectivity index (χ2v) is 5.24. The van der Waals surface area contributed by atoms with Gasteiger partial charge in [0.2, 0.25) is 0 Å². The molecule has 2 heterocycles. The van der Waals surface area contributed by atoms with Crippen molar-refractivity contribution in [2.24, 2.45) is 0 Å². The molecule has 0 spiro atoms. The van der Waals surface area contributed by atoms with Gasteiger partial charge in [0.1, 0.15) is 0 Å². The molecule has 0 saturated carbocycles. The molecule has 0 amide bonds. The van der Waals surface area contributed by atoms with Crippen molar-refractivity contribution < 1.29 is 0 Å². The first kappa shape index (κ1) is 17.9. The molecule has 0 unspecified atom stereocenters. The molecule has 2 rings (SSSR count). The minimum Gasteiger partial charge on any atom is -0.314 e. The van der Waals surface area contributed by atoms with E-state index >= 15 is 0 Å². The predicted octanol–water partition coefficient (Wildman–Crippen LogP) is 2.43. The zero-order chi connectivity index (χ0) is 13.8. The average Bonchev–Trinajstić information content (AvgIpc) is 2.43. The van der Waals surface area contributed by atoms with Crippen LogP contribution in [0.4, 0.5) is 0 Å². The van der Waals surface area contributed by atoms with E-state index in [4.69, 9.17) is 0 Å². The molecule has 0 atom stereocenters. The third-order valence-corrected chi connectivity index (χ3v) is 3.46. The molecule has 110 valence electrons. The molecule has 0 aliphatic carbocycles. The zero-order valence-corrected chi connectivity index (χ0v) is 13.3. The molecule has 3 nitrogen and oxygen atoms in total. The molecule has 1 N–H and O–H groups in total. The molecule has 0 aromatic carbocycles. The first-order valence-corrected chi connectivity index (χ1v) is 7.83. The van der Waals surface area contributed by atoms with E-state index in [2.05, 4.69) is 36.0 Å². The number of hydrogen-bond acceptors (Lipinski definition) is 3. The Labute approximate surface area is 115 Å². The van der Waals surface area contributed by atoms with Gasteiger partial charge in [-0.1, -0.05) is 20.3 Å². The largest absolute Gasteiger partial charge is 0.314 e. The summed E-state index contributed by atoms with van der Waals surface area (Å²) in [7, 11) is 2.19. The van der Waals surface area contributed by atoms with Crippen LogP contribution >= 0.6 is 0 Å². The molecule has 0 bridgehead atoms. The zero-order valence-electron chi connectivity index (χ0n) is 13.3. The standard InChI is InChI=1S/C7H16N2.C6H13N.C2H6/c1-7(2)9-5-3-8-4-6-9;1-7-5-3-2-4-6-7;1-2/h7-8H,3-6H2,1-2H3;2-6H2,1H3;1-2H3. The van der Waals surface area contributed by atoms with Crippen LogP contribution < -0.4 is 5.32 Å². The fourth-order valence-electron chi connectivity index (χ4n) is 2.25. The fourth-order valence-corrected chi connectivity index (χ4v) is 2.25. The maximum absolute atomic E-state index is 3.33. The molecule has 18 heavy (non-hydrogen) atoms. The maximum Gasteiger partial charge on any atom is 0.0110 e. The summed E-state index contributed by atoms with van der Waals surface area (Å²) in [5.74, 6) is 0. The van der Waals surface area contributed by atoms with E-state index in [1.54, 1.807) is 0 Å². The van der Waals surface area contributed by atoms with Crippen molar-refractivity contribution in [1.29, 1.82) is 0 Å². The molecule has 2 saturated heterocycles. The van der Waals surface area contributed by atoms with Gasteiger partial charge in [-0.15, -0.1) is 0 Å². The molecule has 0 aromatic heterocycles. The molecule has 2 aliphatic rings. The van der Waals surface area contributed by atoms with Crippen LogP contribution in [0.25, 0.3) is 0 Å². The van der Waals surface area contributed by atoms with Crippen LogP contribution in [0.2, 0.25) is 0 Å². The number of likely N-dealkylation sites (tertiary alicyclic amines) is 1. The minimum absolute atomic E-state index is 0.729. The molecular weight excluding hydrogens is 222 g/mol. The van der Waals surface area contributed by atoms with Crippen LogP contribution in [0.1, 0.15) is 47.0 Å². The van der Waals surface area contributed by atoms with Crippen LogP contribution in [0.5, 0.6) is 0 Å². The Bertz CT molecular complexity index is 159. The highest BCUT2D eigenvalue weighted by atomic mass is 15.2. The Morgan fingerprint density at radius 2 is 1.33 bits per heavy atom. The van der Waals surface area contributed by atoms with Crippen molar-refractivity contribution in [3.05, 3.63) is 0 Å². The highest BCUT2D eigenvalue weighted by Crippen LogP contribution is 2.04. The van der Waals surface area contributed by atoms with E-state index in [1.807, 2.05) is 13.8 Å². The van der Waals surface area contributed by atoms with E-state index < -0.39 is 0 Å². The Balaban J connectivity index is 0.000000289. The van der Waals surface area contributed by atoms with E-state index in [-0.39, 0.29) is 0 Å². The Kier molecular flexibility index (Phi) is 11.9. The Morgan fingerprint density at radius 3 is 1.61 bits per heavy atom. The van der Waals surface area contributed by atoms with Crippen molar-refractivity contribution in [3.63, 3.8) is 0 Å². The molecule has 2 fully saturated rings. The van der Waals surface area contributed by atoms with Gasteiger partial charge in [0.05, 0.1) is 0 Å². The summed E-state index contributed by atoms with van der Waals surface area (Å²) >= 11 is 0. The summed E-state index contributed by atoms with van der Waals surface area (Å²) in [4.78, 5) is 4.89. The second kappa shape index (κ2) is 11.9. The van der Waals surface area contributed by atoms with Crippen LogP contribution in [0.3, 0.4) is 0 Å². The number of piperazine rings is 1. The van der Waals surface area contributed by atoms with Gasteiger partial charge in [0, 0.05) is 32.2 Å². The number of hydrogen-bond donors (Lipinski definition) is 1. The molecule has 2 aliphatic heterocycles. The number of nitrogens with zero attached hydrogens (tertiary/aromatic N) is 2. The Morgan fingerprint density at radius 1 is 0.833 bits per heavy atom. The van der Waals surface area contributed by atoms with E-state index in [1.165, 1.54) is 45.4 Å². The molecular formula is C15H35N3. The molecule has 3 heteroatoms. The summed E-state index contributed by atoms with van der Waals surface area (Å²) in [6.07, 6.45) is 4.28. The third kappa shape index (κ3) is 8.90. The maximum atomic E-state index is 3.33. The lowest BCUT2D eigenvalue weighted by Gasteiger charge is -2.30. The number of piperidine rings is 1. The van der Waals surface area contributed by atoms with Gasteiger partial charge >= 0.3 is 0 Å². The molecule has 0 radical (unpaired) electrons. The number of nitrogens with one attached hydrogen (secondary N) is 1. The van der Waals surface area contributed by atoms with E-state index in [9.17, 15) is 0 Å². The fraction of sp³-hybridized carbons (Fsp3) is 1.00. The summed E-state index contributed by atoms with van der Waals surface area (Å²) in [5, 5.41) is 3.33. The lowest BCUT2D eigenvalue weighted by atomic mass is 10.1. The quantitative estimate of drug-likeness (QED) is 0.778. The third-order valence-electron chi connectivity index (χ3n) is 3.46. The van der Waals surface area contributed by atoms with Crippen molar-refractivity contribution in [2.75, 3.05) is 46.3 Å². The van der Waals surface area contributed by atoms with Gasteiger partial charge in [0.15, 0.2) is 0 Å². The molecule has 0 aromatic rings. The van der Waals surface area contributed by atoms with Gasteiger partial charge in [-0.2, -0.15) is 0 Å². The monoisotopic (exact) mass is 257 g/mol. The van der Waals surface area contributed by atoms with Crippen molar-refractivity contribution in [3.8, 4) is 0 Å². The van der Waals surface area contributed by atoms with E-state index in [0.717, 1.165) is 19.1 Å². The van der Waals surface area contributed by atoms with Gasteiger partial charge in [-0.25, -0.2) is 0 Å². The first-order valence-electron chi connectivity index (χ1n) is 7.83. The highest BCUT2D eigenvalue weighted by molar-refractivity contribution is 4.69. The Hall–Kier alpha value is -0.120. The lowest BCUT2D eigenvalue weighted by Crippen LogP contribution is -2.46. The second-order valence-electron chi connectivity index (χ2n) is 5.24. The minimum atomic E-state index is 0.729. The SMILES string of the molecule is CC.CC(C)N1CCNCC1.CN1CCCCC1. The summed E-state index contributed by atoms with van der Waals surface area (Å²) in [5.41, 5.74) is 0. The van der Waals surface area contributed by atoms with Gasteiger partial charge in [-0.3, -0.25) is 4.90 Å². The highest BCUT2D eigenvalue weighted by Gasteiger charge is 2.11. The van der Waals surface area contributed by atoms with Crippen molar-refractivity contribution in [1.82, 2.24) is 15.1 Å². The van der Waals surface area contributed by atoms with Crippen LogP contribution in [-0.2, 0) is 0 Å². The predicted molar refractivity (Wildman–Crippen MR) is 82.3 cm³/mol. The summed E-state index contributed by atoms with van der Waals surface area (Å²) in [6, 6.07) is 0.729. The topological polar surface area (TPSA) is 18.5 Å². The van der Waals surface area contributed by atoms with E-state index in [0.29, 0.717) is 0 Å². The van der Waals surface area contributed by atoms with Crippen molar-refractivity contribution in [2.45, 2.75) is 53.0 Å². The van der Waals surface area contributed by atoms with Gasteiger partial charge in [-0.05, 0) is 46.8 Å². The lowest BCUT2D eigenvalue weighted by molar-refractivity contribution is 0.196. The van der Waals surface area contributed by atoms with Crippen LogP contribution in [-0.4, -0.2) is 62.2 Å². The van der Waals surface area contributed by atoms with Crippen LogP contribution in [0.15, 0.2) is 0 Å². The normalized spacial score (nSPS) is 21.7. The summed E-state index contributed by atoms with van der Waals surface area (Å²) in [6.45, 7) is 15.9. The van der Waals surface area contributed by atoms with Crippen LogP contribution in [0, 0.1) is 0 Å². The van der Waals surface area contributed by atoms with Gasteiger partial charge < -0.3 is 10.2 Å². The van der Waals surface area contributed by atoms with Gasteiger partial charge in [0.25, 0.3) is 0 Å². The first-order chi connectivity index (χ1) is 8.70. The summed E-state index contributed by atoms with van der Waals surface area (Å²) < 4.78 is 0. The smallest absolute Gasteiger partial charge is 0.0110 e. The number of rotatable bonds is 1.